The molecular formula is C25H29N3O3. The number of rotatable bonds is 4. The summed E-state index contributed by atoms with van der Waals surface area (Å²) in [6, 6.07) is 13.9. The number of benzene rings is 1. The molecule has 2 saturated heterocycles. The first-order chi connectivity index (χ1) is 15.1. The number of aromatic nitrogens is 1. The van der Waals surface area contributed by atoms with Crippen molar-refractivity contribution in [3.8, 4) is 0 Å². The number of likely N-dealkylation sites (tertiary alicyclic amines) is 2. The van der Waals surface area contributed by atoms with E-state index in [0.717, 1.165) is 30.4 Å². The molecule has 162 valence electrons. The molecule has 1 unspecified atom stereocenters. The Bertz CT molecular complexity index is 1010. The maximum absolute atomic E-state index is 12.9. The maximum atomic E-state index is 12.9. The molecule has 1 atom stereocenters. The molecular weight excluding hydrogens is 390 g/mol. The molecule has 0 aliphatic carbocycles. The average Bonchev–Trinajstić information content (AvgIpc) is 3.24. The molecule has 0 bridgehead atoms. The largest absolute Gasteiger partial charge is 0.451 e. The molecule has 31 heavy (non-hydrogen) atoms. The highest BCUT2D eigenvalue weighted by Crippen LogP contribution is 2.34. The monoisotopic (exact) mass is 419 g/mol. The van der Waals surface area contributed by atoms with Crippen LogP contribution in [0.2, 0.25) is 0 Å². The van der Waals surface area contributed by atoms with Gasteiger partial charge in [0.25, 0.3) is 5.91 Å². The van der Waals surface area contributed by atoms with Gasteiger partial charge in [0.15, 0.2) is 5.76 Å². The molecule has 6 heteroatoms. The Kier molecular flexibility index (Phi) is 5.50. The van der Waals surface area contributed by atoms with Crippen LogP contribution in [0.5, 0.6) is 0 Å². The van der Waals surface area contributed by atoms with E-state index in [1.54, 1.807) is 11.1 Å². The van der Waals surface area contributed by atoms with Crippen LogP contribution in [0, 0.1) is 0 Å². The van der Waals surface area contributed by atoms with Gasteiger partial charge in [-0.2, -0.15) is 0 Å². The Morgan fingerprint density at radius 1 is 1.13 bits per heavy atom. The van der Waals surface area contributed by atoms with E-state index >= 15 is 0 Å². The molecule has 2 aliphatic heterocycles. The molecule has 2 aromatic heterocycles. The van der Waals surface area contributed by atoms with Crippen molar-refractivity contribution in [3.63, 3.8) is 0 Å². The van der Waals surface area contributed by atoms with Crippen LogP contribution in [-0.2, 0) is 0 Å². The second kappa shape index (κ2) is 8.44. The first-order valence-corrected chi connectivity index (χ1v) is 11.3. The van der Waals surface area contributed by atoms with Gasteiger partial charge >= 0.3 is 0 Å². The van der Waals surface area contributed by atoms with Gasteiger partial charge in [-0.05, 0) is 56.0 Å². The number of β-amino-alcohol motifs (C(OH)–C–C–N with tert-alkyl or cyclic N) is 1. The molecule has 0 saturated carbocycles. The molecule has 1 N–H and O–H groups in total. The number of amides is 1. The quantitative estimate of drug-likeness (QED) is 0.692. The summed E-state index contributed by atoms with van der Waals surface area (Å²) in [7, 11) is 0. The first-order valence-electron chi connectivity index (χ1n) is 11.3. The van der Waals surface area contributed by atoms with Crippen molar-refractivity contribution in [2.45, 2.75) is 43.7 Å². The van der Waals surface area contributed by atoms with Gasteiger partial charge in [0.05, 0.1) is 5.60 Å². The van der Waals surface area contributed by atoms with Crippen molar-refractivity contribution >= 4 is 16.9 Å². The number of hydrogen-bond donors (Lipinski definition) is 1. The van der Waals surface area contributed by atoms with Crippen LogP contribution in [0.1, 0.15) is 54.3 Å². The third-order valence-corrected chi connectivity index (χ3v) is 6.80. The van der Waals surface area contributed by atoms with E-state index in [0.29, 0.717) is 44.3 Å². The zero-order chi connectivity index (χ0) is 21.3. The van der Waals surface area contributed by atoms with E-state index < -0.39 is 5.60 Å². The predicted molar refractivity (Wildman–Crippen MR) is 119 cm³/mol. The van der Waals surface area contributed by atoms with Gasteiger partial charge in [-0.15, -0.1) is 0 Å². The fourth-order valence-corrected chi connectivity index (χ4v) is 5.04. The second-order valence-electron chi connectivity index (χ2n) is 8.93. The van der Waals surface area contributed by atoms with E-state index in [-0.39, 0.29) is 5.91 Å². The minimum atomic E-state index is -0.775. The number of pyridine rings is 1. The summed E-state index contributed by atoms with van der Waals surface area (Å²) in [6.07, 6.45) is 8.36. The predicted octanol–water partition coefficient (Wildman–Crippen LogP) is 4.02. The van der Waals surface area contributed by atoms with Crippen LogP contribution in [0.4, 0.5) is 0 Å². The third-order valence-electron chi connectivity index (χ3n) is 6.80. The van der Waals surface area contributed by atoms with E-state index in [1.165, 1.54) is 12.0 Å². The summed E-state index contributed by atoms with van der Waals surface area (Å²) in [5.74, 6) is 0.281. The van der Waals surface area contributed by atoms with Crippen LogP contribution in [0.15, 0.2) is 59.3 Å². The third kappa shape index (κ3) is 4.23. The van der Waals surface area contributed by atoms with Gasteiger partial charge in [-0.3, -0.25) is 14.7 Å². The molecule has 0 spiro atoms. The number of carbonyl (C=O) groups excluding carboxylic acids is 1. The second-order valence-corrected chi connectivity index (χ2v) is 8.93. The summed E-state index contributed by atoms with van der Waals surface area (Å²) in [5, 5.41) is 12.3. The lowest BCUT2D eigenvalue weighted by molar-refractivity contribution is -0.0543. The number of nitrogens with zero attached hydrogens (tertiary/aromatic N) is 3. The SMILES string of the molecule is O=C(c1cc2ccccc2o1)N1CCC(O)(CN2CCCCC2c2cccnc2)CC1. The lowest BCUT2D eigenvalue weighted by atomic mass is 9.88. The van der Waals surface area contributed by atoms with E-state index in [4.69, 9.17) is 4.42 Å². The number of para-hydroxylation sites is 1. The lowest BCUT2D eigenvalue weighted by Gasteiger charge is -2.44. The summed E-state index contributed by atoms with van der Waals surface area (Å²) >= 11 is 0. The van der Waals surface area contributed by atoms with E-state index in [2.05, 4.69) is 16.0 Å². The molecule has 5 rings (SSSR count). The van der Waals surface area contributed by atoms with Crippen molar-refractivity contribution in [2.24, 2.45) is 0 Å². The van der Waals surface area contributed by atoms with Crippen LogP contribution < -0.4 is 0 Å². The van der Waals surface area contributed by atoms with Crippen LogP contribution >= 0.6 is 0 Å². The molecule has 6 nitrogen and oxygen atoms in total. The molecule has 2 aliphatic rings. The van der Waals surface area contributed by atoms with Crippen molar-refractivity contribution in [1.29, 1.82) is 0 Å². The van der Waals surface area contributed by atoms with Crippen molar-refractivity contribution in [2.75, 3.05) is 26.2 Å². The molecule has 4 heterocycles. The maximum Gasteiger partial charge on any atom is 0.289 e. The normalized spacial score (nSPS) is 22.0. The van der Waals surface area contributed by atoms with Crippen LogP contribution in [-0.4, -0.2) is 57.6 Å². The molecule has 3 aromatic rings. The zero-order valence-corrected chi connectivity index (χ0v) is 17.7. The number of piperidine rings is 2. The van der Waals surface area contributed by atoms with Gasteiger partial charge < -0.3 is 14.4 Å². The Morgan fingerprint density at radius 2 is 1.97 bits per heavy atom. The smallest absolute Gasteiger partial charge is 0.289 e. The molecule has 1 amide bonds. The number of fused-ring (bicyclic) bond motifs is 1. The van der Waals surface area contributed by atoms with Crippen LogP contribution in [0.25, 0.3) is 11.0 Å². The number of hydrogen-bond acceptors (Lipinski definition) is 5. The Morgan fingerprint density at radius 3 is 2.74 bits per heavy atom. The zero-order valence-electron chi connectivity index (χ0n) is 17.7. The number of furan rings is 1. The van der Waals surface area contributed by atoms with Gasteiger partial charge in [-0.25, -0.2) is 0 Å². The fraction of sp³-hybridized carbons (Fsp3) is 0.440. The summed E-state index contributed by atoms with van der Waals surface area (Å²) in [6.45, 7) is 2.71. The number of carbonyl (C=O) groups is 1. The molecule has 1 aromatic carbocycles. The first kappa shape index (κ1) is 20.2. The van der Waals surface area contributed by atoms with Crippen molar-refractivity contribution in [3.05, 3.63) is 66.2 Å². The van der Waals surface area contributed by atoms with Gasteiger partial charge in [0, 0.05) is 43.5 Å². The van der Waals surface area contributed by atoms with Gasteiger partial charge in [0.2, 0.25) is 0 Å². The van der Waals surface area contributed by atoms with E-state index in [9.17, 15) is 9.90 Å². The Labute approximate surface area is 182 Å². The van der Waals surface area contributed by atoms with E-state index in [1.807, 2.05) is 42.6 Å². The summed E-state index contributed by atoms with van der Waals surface area (Å²) in [4.78, 5) is 21.5. The molecule has 0 radical (unpaired) electrons. The van der Waals surface area contributed by atoms with Gasteiger partial charge in [-0.1, -0.05) is 30.7 Å². The van der Waals surface area contributed by atoms with Crippen molar-refractivity contribution in [1.82, 2.24) is 14.8 Å². The van der Waals surface area contributed by atoms with Crippen LogP contribution in [0.3, 0.4) is 0 Å². The highest BCUT2D eigenvalue weighted by molar-refractivity contribution is 5.96. The van der Waals surface area contributed by atoms with Crippen molar-refractivity contribution < 1.29 is 14.3 Å². The summed E-state index contributed by atoms with van der Waals surface area (Å²) in [5.41, 5.74) is 1.18. The molecule has 2 fully saturated rings. The fourth-order valence-electron chi connectivity index (χ4n) is 5.04. The Balaban J connectivity index is 1.24. The summed E-state index contributed by atoms with van der Waals surface area (Å²) < 4.78 is 5.75. The average molecular weight is 420 g/mol. The Hall–Kier alpha value is -2.70. The number of aliphatic hydroxyl groups is 1. The minimum Gasteiger partial charge on any atom is -0.451 e. The minimum absolute atomic E-state index is 0.0931. The lowest BCUT2D eigenvalue weighted by Crippen LogP contribution is -2.53. The topological polar surface area (TPSA) is 69.8 Å². The highest BCUT2D eigenvalue weighted by atomic mass is 16.3. The standard InChI is InChI=1S/C25H29N3O3/c29-24(23-16-19-6-1-2-9-22(19)31-23)27-14-10-25(30,11-15-27)18-28-13-4-3-8-21(28)20-7-5-12-26-17-20/h1-2,5-7,9,12,16-17,21,30H,3-4,8,10-11,13-15,18H2. The van der Waals surface area contributed by atoms with Gasteiger partial charge in [0.1, 0.15) is 5.58 Å². The highest BCUT2D eigenvalue weighted by Gasteiger charge is 2.38.